The summed E-state index contributed by atoms with van der Waals surface area (Å²) in [4.78, 5) is 32.5. The second-order valence-electron chi connectivity index (χ2n) is 13.0. The SMILES string of the molecule is CCCSC1N=C(N(C(=O)O)[C@@H]2C[C@H]2c2ccc(F)c(F)c2)C([N+](=O)[O-])=C(N[C@@H]2C[C@H](O)[C@H]3OC(C)(C)O[C@H]32)N1C(C)(C)C. The van der Waals surface area contributed by atoms with Gasteiger partial charge in [-0.2, -0.15) is 0 Å². The maximum atomic E-state index is 14.0. The van der Waals surface area contributed by atoms with E-state index in [2.05, 4.69) is 5.32 Å². The number of nitro groups is 1. The Morgan fingerprint density at radius 2 is 1.93 bits per heavy atom. The second-order valence-corrected chi connectivity index (χ2v) is 14.2. The summed E-state index contributed by atoms with van der Waals surface area (Å²) in [5.41, 5.74) is -1.60. The summed E-state index contributed by atoms with van der Waals surface area (Å²) >= 11 is 1.42. The van der Waals surface area contributed by atoms with Gasteiger partial charge in [-0.25, -0.2) is 18.6 Å². The molecule has 2 heterocycles. The molecule has 2 saturated carbocycles. The number of fused-ring (bicyclic) bond motifs is 1. The number of aliphatic hydroxyl groups excluding tert-OH is 1. The van der Waals surface area contributed by atoms with Crippen molar-refractivity contribution in [1.82, 2.24) is 15.1 Å². The molecule has 3 fully saturated rings. The normalized spacial score (nSPS) is 31.1. The highest BCUT2D eigenvalue weighted by Crippen LogP contribution is 2.47. The predicted octanol–water partition coefficient (Wildman–Crippen LogP) is 4.43. The van der Waals surface area contributed by atoms with Gasteiger partial charge in [-0.3, -0.25) is 15.0 Å². The number of carbonyl (C=O) groups is 1. The van der Waals surface area contributed by atoms with Gasteiger partial charge in [-0.05, 0) is 77.3 Å². The van der Waals surface area contributed by atoms with E-state index in [1.807, 2.05) is 27.7 Å². The van der Waals surface area contributed by atoms with Crippen LogP contribution in [0.5, 0.6) is 0 Å². The van der Waals surface area contributed by atoms with E-state index in [-0.39, 0.29) is 24.5 Å². The van der Waals surface area contributed by atoms with Crippen LogP contribution < -0.4 is 5.32 Å². The lowest BCUT2D eigenvalue weighted by molar-refractivity contribution is -0.419. The minimum Gasteiger partial charge on any atom is -0.465 e. The van der Waals surface area contributed by atoms with Crippen LogP contribution in [-0.2, 0) is 9.47 Å². The molecule has 1 amide bonds. The van der Waals surface area contributed by atoms with Crippen LogP contribution in [0.3, 0.4) is 0 Å². The van der Waals surface area contributed by atoms with Gasteiger partial charge in [0.2, 0.25) is 5.84 Å². The topological polar surface area (TPSA) is 150 Å². The molecule has 0 aromatic heterocycles. The summed E-state index contributed by atoms with van der Waals surface area (Å²) in [5, 5.41) is 37.4. The number of amides is 1. The van der Waals surface area contributed by atoms with E-state index in [4.69, 9.17) is 14.5 Å². The van der Waals surface area contributed by atoms with Gasteiger partial charge in [0.1, 0.15) is 12.2 Å². The Morgan fingerprint density at radius 3 is 2.52 bits per heavy atom. The minimum atomic E-state index is -1.45. The molecule has 2 aliphatic carbocycles. The maximum Gasteiger partial charge on any atom is 0.413 e. The fourth-order valence-electron chi connectivity index (χ4n) is 6.27. The summed E-state index contributed by atoms with van der Waals surface area (Å²) in [6.45, 7) is 11.1. The first-order chi connectivity index (χ1) is 20.5. The van der Waals surface area contributed by atoms with Crippen molar-refractivity contribution in [3.8, 4) is 0 Å². The number of ether oxygens (including phenoxy) is 2. The highest BCUT2D eigenvalue weighted by Gasteiger charge is 2.57. The third-order valence-corrected chi connectivity index (χ3v) is 9.42. The highest BCUT2D eigenvalue weighted by atomic mass is 32.2. The first kappa shape index (κ1) is 32.4. The largest absolute Gasteiger partial charge is 0.465 e. The van der Waals surface area contributed by atoms with Crippen LogP contribution in [0.4, 0.5) is 13.6 Å². The van der Waals surface area contributed by atoms with E-state index >= 15 is 0 Å². The monoisotopic (exact) mass is 639 g/mol. The van der Waals surface area contributed by atoms with Crippen LogP contribution in [0.1, 0.15) is 72.3 Å². The number of aliphatic imine (C=N–C) groups is 1. The molecule has 0 spiro atoms. The zero-order valence-electron chi connectivity index (χ0n) is 25.5. The van der Waals surface area contributed by atoms with Crippen molar-refractivity contribution in [3.63, 3.8) is 0 Å². The molecule has 0 bridgehead atoms. The third kappa shape index (κ3) is 6.11. The number of hydrogen-bond donors (Lipinski definition) is 3. The standard InChI is InChI=1S/C29H39F2N5O7S/c1-7-10-44-26-33-24(34(27(38)39)19-12-15(19)14-8-9-16(30)17(31)11-14)21(36(40)41)25(35(26)28(2,3)4)32-18-13-20(37)23-22(18)42-29(5,6)43-23/h8-9,11,15,18-20,22-23,26,32,37H,7,10,12-13H2,1-6H3,(H,38,39)/t15-,18+,19+,20-,22-,23+,26?/m0/s1. The van der Waals surface area contributed by atoms with Crippen LogP contribution in [0, 0.1) is 21.7 Å². The Bertz CT molecular complexity index is 1390. The first-order valence-corrected chi connectivity index (χ1v) is 15.7. The van der Waals surface area contributed by atoms with Crippen LogP contribution in [0.25, 0.3) is 0 Å². The molecular weight excluding hydrogens is 600 g/mol. The molecule has 15 heteroatoms. The zero-order chi connectivity index (χ0) is 32.3. The number of amidine groups is 1. The van der Waals surface area contributed by atoms with E-state index in [1.165, 1.54) is 17.8 Å². The number of thioether (sulfide) groups is 1. The second kappa shape index (κ2) is 11.7. The summed E-state index contributed by atoms with van der Waals surface area (Å²) in [5.74, 6) is -3.20. The molecule has 1 aromatic rings. The molecule has 2 aliphatic heterocycles. The molecule has 44 heavy (non-hydrogen) atoms. The first-order valence-electron chi connectivity index (χ1n) is 14.7. The van der Waals surface area contributed by atoms with Gasteiger partial charge < -0.3 is 29.9 Å². The van der Waals surface area contributed by atoms with Crippen LogP contribution in [0.15, 0.2) is 34.7 Å². The number of halogens is 2. The number of aliphatic hydroxyl groups is 1. The van der Waals surface area contributed by atoms with Gasteiger partial charge in [0, 0.05) is 17.5 Å². The Hall–Kier alpha value is -3.01. The van der Waals surface area contributed by atoms with Gasteiger partial charge in [-0.15, -0.1) is 11.8 Å². The van der Waals surface area contributed by atoms with Crippen LogP contribution >= 0.6 is 11.8 Å². The number of hydrogen-bond acceptors (Lipinski definition) is 10. The van der Waals surface area contributed by atoms with Gasteiger partial charge in [-0.1, -0.05) is 13.0 Å². The van der Waals surface area contributed by atoms with Crippen LogP contribution in [0.2, 0.25) is 0 Å². The number of nitrogens with one attached hydrogen (secondary N) is 1. The molecule has 1 saturated heterocycles. The predicted molar refractivity (Wildman–Crippen MR) is 158 cm³/mol. The molecule has 7 atom stereocenters. The van der Waals surface area contributed by atoms with E-state index in [1.54, 1.807) is 18.7 Å². The number of carboxylic acid groups (broad SMARTS) is 1. The molecule has 12 nitrogen and oxygen atoms in total. The Kier molecular flexibility index (Phi) is 8.63. The summed E-state index contributed by atoms with van der Waals surface area (Å²) < 4.78 is 39.6. The number of nitrogens with zero attached hydrogens (tertiary/aromatic N) is 4. The van der Waals surface area contributed by atoms with Crippen molar-refractivity contribution >= 4 is 23.7 Å². The molecule has 0 radical (unpaired) electrons. The minimum absolute atomic E-state index is 0.0588. The smallest absolute Gasteiger partial charge is 0.413 e. The molecule has 4 aliphatic rings. The zero-order valence-corrected chi connectivity index (χ0v) is 26.3. The molecule has 242 valence electrons. The van der Waals surface area contributed by atoms with Crippen molar-refractivity contribution < 1.29 is 38.2 Å². The van der Waals surface area contributed by atoms with Crippen molar-refractivity contribution in [2.75, 3.05) is 5.75 Å². The van der Waals surface area contributed by atoms with Crippen molar-refractivity contribution in [2.24, 2.45) is 4.99 Å². The van der Waals surface area contributed by atoms with Crippen molar-refractivity contribution in [2.45, 2.75) is 114 Å². The molecule has 1 unspecified atom stereocenters. The fourth-order valence-corrected chi connectivity index (χ4v) is 7.46. The summed E-state index contributed by atoms with van der Waals surface area (Å²) in [6.07, 6.45) is -2.40. The van der Waals surface area contributed by atoms with E-state index in [0.29, 0.717) is 11.3 Å². The molecule has 5 rings (SSSR count). The van der Waals surface area contributed by atoms with Crippen molar-refractivity contribution in [1.29, 1.82) is 0 Å². The summed E-state index contributed by atoms with van der Waals surface area (Å²) in [6, 6.07) is 2.00. The number of rotatable bonds is 8. The molecular formula is C29H39F2N5O7S. The third-order valence-electron chi connectivity index (χ3n) is 8.16. The Balaban J connectivity index is 1.60. The lowest BCUT2D eigenvalue weighted by Crippen LogP contribution is -2.57. The lowest BCUT2D eigenvalue weighted by atomic mass is 10.0. The van der Waals surface area contributed by atoms with Gasteiger partial charge >= 0.3 is 11.8 Å². The van der Waals surface area contributed by atoms with E-state index in [0.717, 1.165) is 23.5 Å². The van der Waals surface area contributed by atoms with Gasteiger partial charge in [0.15, 0.2) is 28.7 Å². The quantitative estimate of drug-likeness (QED) is 0.275. The Labute approximate surface area is 258 Å². The number of benzene rings is 1. The summed E-state index contributed by atoms with van der Waals surface area (Å²) in [7, 11) is 0. The lowest BCUT2D eigenvalue weighted by Gasteiger charge is -2.45. The fraction of sp³-hybridized carbons (Fsp3) is 0.655. The van der Waals surface area contributed by atoms with E-state index in [9.17, 15) is 33.9 Å². The van der Waals surface area contributed by atoms with E-state index < -0.39 is 81.5 Å². The average molecular weight is 640 g/mol. The van der Waals surface area contributed by atoms with Gasteiger partial charge in [0.25, 0.3) is 0 Å². The maximum absolute atomic E-state index is 14.0. The molecule has 1 aromatic carbocycles. The molecule has 3 N–H and O–H groups in total. The van der Waals surface area contributed by atoms with Crippen molar-refractivity contribution in [3.05, 3.63) is 57.0 Å². The van der Waals surface area contributed by atoms with Crippen LogP contribution in [-0.4, -0.2) is 89.8 Å². The highest BCUT2D eigenvalue weighted by molar-refractivity contribution is 7.99. The Morgan fingerprint density at radius 1 is 1.25 bits per heavy atom. The average Bonchev–Trinajstić information content (AvgIpc) is 3.54. The van der Waals surface area contributed by atoms with Gasteiger partial charge in [0.05, 0.1) is 17.1 Å².